The molecule has 0 fully saturated rings. The number of nitrogens with one attached hydrogen (secondary N) is 2. The van der Waals surface area contributed by atoms with Crippen molar-refractivity contribution in [3.05, 3.63) is 263 Å². The van der Waals surface area contributed by atoms with Gasteiger partial charge in [0, 0.05) is 21.2 Å². The molecule has 2 N–H and O–H groups in total. The monoisotopic (exact) mass is 810 g/mol. The molecule has 0 aliphatic heterocycles. The van der Waals surface area contributed by atoms with Crippen molar-refractivity contribution in [3.8, 4) is 0 Å². The standard InChI is InChI=1S/2C28H23NS/c2*1-30-23-18-16-22(17-19-23)29-28-25-15-9-8-14-24(25)26(20-10-4-2-5-11-20)27(28)21-12-6-3-7-13-21/h2*2-19,28-29H,1H3/t2*28-/m00/s1. The summed E-state index contributed by atoms with van der Waals surface area (Å²) in [6, 6.07) is 78.2. The van der Waals surface area contributed by atoms with Gasteiger partial charge in [-0.1, -0.05) is 170 Å². The van der Waals surface area contributed by atoms with Crippen LogP contribution < -0.4 is 10.6 Å². The third-order valence-electron chi connectivity index (χ3n) is 11.3. The Morgan fingerprint density at radius 1 is 0.317 bits per heavy atom. The molecule has 10 rings (SSSR count). The molecule has 0 saturated carbocycles. The zero-order chi connectivity index (χ0) is 40.7. The van der Waals surface area contributed by atoms with Crippen molar-refractivity contribution in [2.24, 2.45) is 0 Å². The number of hydrogen-bond acceptors (Lipinski definition) is 4. The Morgan fingerprint density at radius 3 is 0.950 bits per heavy atom. The molecule has 0 saturated heterocycles. The fraction of sp³-hybridized carbons (Fsp3) is 0.0714. The minimum Gasteiger partial charge on any atom is -0.374 e. The quantitative estimate of drug-likeness (QED) is 0.134. The van der Waals surface area contributed by atoms with Crippen LogP contribution in [0.4, 0.5) is 11.4 Å². The van der Waals surface area contributed by atoms with Crippen molar-refractivity contribution in [3.63, 3.8) is 0 Å². The highest BCUT2D eigenvalue weighted by Crippen LogP contribution is 2.51. The van der Waals surface area contributed by atoms with Crippen LogP contribution in [0.25, 0.3) is 22.3 Å². The van der Waals surface area contributed by atoms with E-state index in [1.807, 2.05) is 0 Å². The first-order valence-corrected chi connectivity index (χ1v) is 22.8. The maximum Gasteiger partial charge on any atom is 0.0785 e. The molecule has 0 bridgehead atoms. The number of anilines is 2. The fourth-order valence-corrected chi connectivity index (χ4v) is 9.36. The smallest absolute Gasteiger partial charge is 0.0785 e. The largest absolute Gasteiger partial charge is 0.374 e. The van der Waals surface area contributed by atoms with E-state index in [4.69, 9.17) is 0 Å². The number of rotatable bonds is 10. The van der Waals surface area contributed by atoms with E-state index in [1.54, 1.807) is 23.5 Å². The van der Waals surface area contributed by atoms with Crippen molar-refractivity contribution in [2.45, 2.75) is 21.9 Å². The van der Waals surface area contributed by atoms with Crippen molar-refractivity contribution < 1.29 is 0 Å². The van der Waals surface area contributed by atoms with E-state index in [-0.39, 0.29) is 12.1 Å². The third-order valence-corrected chi connectivity index (χ3v) is 12.8. The third kappa shape index (κ3) is 8.09. The number of thioether (sulfide) groups is 2. The first kappa shape index (κ1) is 39.0. The van der Waals surface area contributed by atoms with Gasteiger partial charge in [0.25, 0.3) is 0 Å². The Hall–Kier alpha value is -6.46. The Labute approximate surface area is 363 Å². The Balaban J connectivity index is 0.000000154. The van der Waals surface area contributed by atoms with Crippen LogP contribution in [0.3, 0.4) is 0 Å². The van der Waals surface area contributed by atoms with Crippen LogP contribution in [0.2, 0.25) is 0 Å². The molecule has 0 aromatic heterocycles. The van der Waals surface area contributed by atoms with E-state index in [1.165, 1.54) is 76.6 Å². The van der Waals surface area contributed by atoms with E-state index in [9.17, 15) is 0 Å². The summed E-state index contributed by atoms with van der Waals surface area (Å²) in [4.78, 5) is 2.55. The summed E-state index contributed by atoms with van der Waals surface area (Å²) in [5.74, 6) is 0. The molecule has 2 atom stereocenters. The minimum absolute atomic E-state index is 0.0962. The molecule has 8 aromatic carbocycles. The predicted molar refractivity (Wildman–Crippen MR) is 260 cm³/mol. The topological polar surface area (TPSA) is 24.1 Å². The van der Waals surface area contributed by atoms with Gasteiger partial charge in [0.1, 0.15) is 0 Å². The van der Waals surface area contributed by atoms with Crippen LogP contribution >= 0.6 is 23.5 Å². The normalized spacial score (nSPS) is 15.2. The molecule has 2 aliphatic rings. The van der Waals surface area contributed by atoms with Gasteiger partial charge in [0.2, 0.25) is 0 Å². The zero-order valence-electron chi connectivity index (χ0n) is 33.8. The Morgan fingerprint density at radius 2 is 0.617 bits per heavy atom. The summed E-state index contributed by atoms with van der Waals surface area (Å²) in [5.41, 5.74) is 17.8. The summed E-state index contributed by atoms with van der Waals surface area (Å²) >= 11 is 3.53. The first-order valence-electron chi connectivity index (χ1n) is 20.4. The minimum atomic E-state index is 0.0962. The van der Waals surface area contributed by atoms with Crippen molar-refractivity contribution in [1.82, 2.24) is 0 Å². The van der Waals surface area contributed by atoms with Crippen LogP contribution in [0.15, 0.2) is 228 Å². The fourth-order valence-electron chi connectivity index (χ4n) is 8.54. The lowest BCUT2D eigenvalue weighted by Crippen LogP contribution is -2.10. The molecule has 60 heavy (non-hydrogen) atoms. The van der Waals surface area contributed by atoms with Gasteiger partial charge in [-0.2, -0.15) is 0 Å². The number of hydrogen-bond donors (Lipinski definition) is 2. The SMILES string of the molecule is CSc1ccc(N[C@@H]2C(c3ccccc3)=C(c3ccccc3)c3ccccc32)cc1.CSc1ccc(N[C@@H]2C(c3ccccc3)=C(c3ccccc3)c3ccccc32)cc1. The molecule has 0 heterocycles. The Bertz CT molecular complexity index is 2550. The second-order valence-electron chi connectivity index (χ2n) is 14.8. The van der Waals surface area contributed by atoms with Crippen molar-refractivity contribution >= 4 is 57.2 Å². The van der Waals surface area contributed by atoms with Gasteiger partial charge in [-0.3, -0.25) is 0 Å². The van der Waals surface area contributed by atoms with E-state index in [0.29, 0.717) is 0 Å². The molecular formula is C56H46N2S2. The molecule has 0 spiro atoms. The van der Waals surface area contributed by atoms with Crippen LogP contribution in [-0.2, 0) is 0 Å². The molecule has 0 radical (unpaired) electrons. The highest BCUT2D eigenvalue weighted by atomic mass is 32.2. The Kier molecular flexibility index (Phi) is 11.8. The average molecular weight is 811 g/mol. The number of benzene rings is 8. The lowest BCUT2D eigenvalue weighted by molar-refractivity contribution is 1.02. The van der Waals surface area contributed by atoms with Gasteiger partial charge < -0.3 is 10.6 Å². The van der Waals surface area contributed by atoms with Crippen LogP contribution in [0, 0.1) is 0 Å². The molecule has 0 amide bonds. The van der Waals surface area contributed by atoms with Gasteiger partial charge in [0.15, 0.2) is 0 Å². The molecule has 0 unspecified atom stereocenters. The second-order valence-corrected chi connectivity index (χ2v) is 16.6. The molecule has 4 heteroatoms. The van der Waals surface area contributed by atoms with Crippen molar-refractivity contribution in [1.29, 1.82) is 0 Å². The molecule has 2 aliphatic carbocycles. The van der Waals surface area contributed by atoms with E-state index in [2.05, 4.69) is 242 Å². The second kappa shape index (κ2) is 18.2. The highest BCUT2D eigenvalue weighted by molar-refractivity contribution is 7.98. The van der Waals surface area contributed by atoms with Gasteiger partial charge >= 0.3 is 0 Å². The molecule has 292 valence electrons. The van der Waals surface area contributed by atoms with E-state index in [0.717, 1.165) is 11.4 Å². The lowest BCUT2D eigenvalue weighted by Gasteiger charge is -2.21. The number of fused-ring (bicyclic) bond motifs is 2. The van der Waals surface area contributed by atoms with Gasteiger partial charge in [-0.15, -0.1) is 23.5 Å². The first-order chi connectivity index (χ1) is 29.7. The van der Waals surface area contributed by atoms with Crippen molar-refractivity contribution in [2.75, 3.05) is 23.1 Å². The lowest BCUT2D eigenvalue weighted by atomic mass is 9.93. The maximum atomic E-state index is 3.83. The van der Waals surface area contributed by atoms with Crippen LogP contribution in [0.5, 0.6) is 0 Å². The highest BCUT2D eigenvalue weighted by Gasteiger charge is 2.34. The van der Waals surface area contributed by atoms with Gasteiger partial charge in [-0.05, 0) is 128 Å². The molecule has 8 aromatic rings. The van der Waals surface area contributed by atoms with Gasteiger partial charge in [-0.25, -0.2) is 0 Å². The summed E-state index contributed by atoms with van der Waals surface area (Å²) in [7, 11) is 0. The zero-order valence-corrected chi connectivity index (χ0v) is 35.4. The van der Waals surface area contributed by atoms with Crippen LogP contribution in [-0.4, -0.2) is 12.5 Å². The predicted octanol–water partition coefficient (Wildman–Crippen LogP) is 15.1. The maximum absolute atomic E-state index is 3.83. The molecule has 2 nitrogen and oxygen atoms in total. The van der Waals surface area contributed by atoms with Crippen LogP contribution in [0.1, 0.15) is 56.6 Å². The molecular weight excluding hydrogens is 765 g/mol. The van der Waals surface area contributed by atoms with Gasteiger partial charge in [0.05, 0.1) is 12.1 Å². The summed E-state index contributed by atoms with van der Waals surface area (Å²) in [6.07, 6.45) is 4.22. The van der Waals surface area contributed by atoms with E-state index >= 15 is 0 Å². The summed E-state index contributed by atoms with van der Waals surface area (Å²) < 4.78 is 0. The van der Waals surface area contributed by atoms with E-state index < -0.39 is 0 Å². The summed E-state index contributed by atoms with van der Waals surface area (Å²) in [5, 5.41) is 7.66. The average Bonchev–Trinajstić information content (AvgIpc) is 3.83. The summed E-state index contributed by atoms with van der Waals surface area (Å²) in [6.45, 7) is 0.